The van der Waals surface area contributed by atoms with Gasteiger partial charge in [0.25, 0.3) is 12.3 Å². The fraction of sp³-hybridized carbons (Fsp3) is 0.429. The van der Waals surface area contributed by atoms with E-state index in [1.165, 1.54) is 30.0 Å². The molecule has 2 aromatic rings. The number of thioether (sulfide) groups is 1. The summed E-state index contributed by atoms with van der Waals surface area (Å²) in [7, 11) is 1.61. The van der Waals surface area contributed by atoms with Gasteiger partial charge < -0.3 is 20.5 Å². The lowest BCUT2D eigenvalue weighted by Gasteiger charge is -2.34. The highest BCUT2D eigenvalue weighted by Crippen LogP contribution is 2.66. The molecular weight excluding hydrogens is 459 g/mol. The van der Waals surface area contributed by atoms with Crippen molar-refractivity contribution in [2.45, 2.75) is 30.1 Å². The normalized spacial score (nSPS) is 25.9. The number of carbonyl (C=O) groups excluding carboxylic acids is 1. The summed E-state index contributed by atoms with van der Waals surface area (Å²) in [6.45, 7) is 1.48. The van der Waals surface area contributed by atoms with E-state index in [0.717, 1.165) is 18.8 Å². The molecule has 33 heavy (non-hydrogen) atoms. The highest BCUT2D eigenvalue weighted by atomic mass is 32.2. The van der Waals surface area contributed by atoms with Crippen LogP contribution < -0.4 is 15.8 Å². The van der Waals surface area contributed by atoms with Crippen molar-refractivity contribution < 1.29 is 27.4 Å². The zero-order valence-corrected chi connectivity index (χ0v) is 18.7. The topological polar surface area (TPSA) is 112 Å². The number of halogens is 3. The van der Waals surface area contributed by atoms with Crippen molar-refractivity contribution in [1.29, 1.82) is 0 Å². The molecule has 1 fully saturated rings. The van der Waals surface area contributed by atoms with Crippen LogP contribution >= 0.6 is 11.8 Å². The van der Waals surface area contributed by atoms with Gasteiger partial charge in [0, 0.05) is 24.3 Å². The molecule has 8 nitrogen and oxygen atoms in total. The number of methoxy groups -OCH3 is 1. The van der Waals surface area contributed by atoms with Crippen molar-refractivity contribution in [3.63, 3.8) is 0 Å². The Kier molecular flexibility index (Phi) is 6.23. The minimum absolute atomic E-state index is 0.0225. The predicted octanol–water partition coefficient (Wildman–Crippen LogP) is 3.19. The molecular formula is C21H22F3N5O3S. The number of benzene rings is 1. The third-order valence-corrected chi connectivity index (χ3v) is 7.01. The molecule has 2 aliphatic rings. The second kappa shape index (κ2) is 8.82. The molecule has 1 unspecified atom stereocenters. The third kappa shape index (κ3) is 4.62. The van der Waals surface area contributed by atoms with Crippen molar-refractivity contribution in [1.82, 2.24) is 9.97 Å². The molecule has 0 radical (unpaired) electrons. The molecule has 12 heteroatoms. The number of amides is 1. The van der Waals surface area contributed by atoms with Crippen LogP contribution in [-0.2, 0) is 10.3 Å². The van der Waals surface area contributed by atoms with Crippen LogP contribution in [0.3, 0.4) is 0 Å². The van der Waals surface area contributed by atoms with Crippen molar-refractivity contribution in [3.05, 3.63) is 47.7 Å². The number of alkyl halides is 2. The van der Waals surface area contributed by atoms with E-state index in [1.807, 2.05) is 6.92 Å². The summed E-state index contributed by atoms with van der Waals surface area (Å²) in [5.41, 5.74) is 5.75. The maximum Gasteiger partial charge on any atom is 0.275 e. The third-order valence-electron chi connectivity index (χ3n) is 5.73. The number of nitrogens with zero attached hydrogens (tertiary/aromatic N) is 3. The Morgan fingerprint density at radius 2 is 2.15 bits per heavy atom. The number of amidine groups is 1. The van der Waals surface area contributed by atoms with E-state index < -0.39 is 30.3 Å². The Balaban J connectivity index is 1.53. The van der Waals surface area contributed by atoms with E-state index in [9.17, 15) is 18.0 Å². The number of carbonyl (C=O) groups is 1. The van der Waals surface area contributed by atoms with Crippen LogP contribution in [0, 0.1) is 11.7 Å². The highest BCUT2D eigenvalue weighted by Gasteiger charge is 2.66. The molecule has 3 atom stereocenters. The quantitative estimate of drug-likeness (QED) is 0.596. The highest BCUT2D eigenvalue weighted by molar-refractivity contribution is 8.15. The molecule has 4 rings (SSSR count). The van der Waals surface area contributed by atoms with Crippen molar-refractivity contribution >= 4 is 28.5 Å². The van der Waals surface area contributed by atoms with Gasteiger partial charge in [0.1, 0.15) is 11.5 Å². The fourth-order valence-corrected chi connectivity index (χ4v) is 5.62. The number of rotatable bonds is 8. The second-order valence-corrected chi connectivity index (χ2v) is 9.48. The van der Waals surface area contributed by atoms with Crippen molar-refractivity contribution in [2.24, 2.45) is 16.6 Å². The zero-order valence-electron chi connectivity index (χ0n) is 17.8. The molecule has 1 aromatic carbocycles. The molecule has 176 valence electrons. The van der Waals surface area contributed by atoms with Crippen molar-refractivity contribution in [3.8, 4) is 5.88 Å². The number of hydrogen-bond donors (Lipinski definition) is 2. The van der Waals surface area contributed by atoms with Gasteiger partial charge >= 0.3 is 0 Å². The number of aromatic nitrogens is 2. The average Bonchev–Trinajstić information content (AvgIpc) is 3.48. The van der Waals surface area contributed by atoms with Gasteiger partial charge in [-0.2, -0.15) is 0 Å². The molecule has 0 spiro atoms. The van der Waals surface area contributed by atoms with E-state index in [-0.39, 0.29) is 22.2 Å². The van der Waals surface area contributed by atoms with Crippen LogP contribution in [0.25, 0.3) is 0 Å². The van der Waals surface area contributed by atoms with Crippen LogP contribution in [0.15, 0.2) is 35.6 Å². The SMILES string of the molecule is COC[C@]12CC1[C@@](C)(c1cc(NC(=O)c3cnc(OCC(F)F)cn3)ccc1F)N=C(N)S2. The predicted molar refractivity (Wildman–Crippen MR) is 117 cm³/mol. The minimum Gasteiger partial charge on any atom is -0.470 e. The van der Waals surface area contributed by atoms with Gasteiger partial charge in [0.05, 0.1) is 29.3 Å². The van der Waals surface area contributed by atoms with E-state index >= 15 is 0 Å². The fourth-order valence-electron chi connectivity index (χ4n) is 4.17. The average molecular weight is 482 g/mol. The molecule has 1 amide bonds. The molecule has 1 saturated carbocycles. The van der Waals surface area contributed by atoms with Crippen LogP contribution in [-0.4, -0.2) is 52.5 Å². The first-order valence-corrected chi connectivity index (χ1v) is 10.9. The van der Waals surface area contributed by atoms with Crippen LogP contribution in [0.1, 0.15) is 29.4 Å². The Morgan fingerprint density at radius 3 is 2.82 bits per heavy atom. The smallest absolute Gasteiger partial charge is 0.275 e. The van der Waals surface area contributed by atoms with E-state index in [4.69, 9.17) is 15.2 Å². The molecule has 1 aliphatic carbocycles. The summed E-state index contributed by atoms with van der Waals surface area (Å²) in [5.74, 6) is -1.17. The van der Waals surface area contributed by atoms with E-state index in [0.29, 0.717) is 23.0 Å². The summed E-state index contributed by atoms with van der Waals surface area (Å²) < 4.78 is 49.2. The van der Waals surface area contributed by atoms with Gasteiger partial charge in [-0.05, 0) is 31.5 Å². The number of ether oxygens (including phenoxy) is 2. The van der Waals surface area contributed by atoms with Crippen LogP contribution in [0.4, 0.5) is 18.9 Å². The number of nitrogens with two attached hydrogens (primary N) is 1. The lowest BCUT2D eigenvalue weighted by molar-refractivity contribution is 0.0792. The van der Waals surface area contributed by atoms with Gasteiger partial charge in [0.2, 0.25) is 5.88 Å². The molecule has 1 aliphatic heterocycles. The maximum absolute atomic E-state index is 14.9. The molecule has 2 heterocycles. The van der Waals surface area contributed by atoms with Gasteiger partial charge in [-0.15, -0.1) is 0 Å². The molecule has 0 bridgehead atoms. The molecule has 1 aromatic heterocycles. The van der Waals surface area contributed by atoms with Crippen LogP contribution in [0.2, 0.25) is 0 Å². The van der Waals surface area contributed by atoms with Gasteiger partial charge in [0.15, 0.2) is 11.8 Å². The lowest BCUT2D eigenvalue weighted by atomic mass is 9.85. The maximum atomic E-state index is 14.9. The number of aliphatic imine (C=N–C) groups is 1. The van der Waals surface area contributed by atoms with E-state index in [1.54, 1.807) is 7.11 Å². The molecule has 0 saturated heterocycles. The Bertz CT molecular complexity index is 1090. The van der Waals surface area contributed by atoms with Gasteiger partial charge in [-0.3, -0.25) is 9.79 Å². The summed E-state index contributed by atoms with van der Waals surface area (Å²) in [4.78, 5) is 24.8. The lowest BCUT2D eigenvalue weighted by Crippen LogP contribution is -2.37. The van der Waals surface area contributed by atoms with Gasteiger partial charge in [-0.25, -0.2) is 23.1 Å². The summed E-state index contributed by atoms with van der Waals surface area (Å²) in [5, 5.41) is 3.01. The first-order chi connectivity index (χ1) is 15.7. The number of anilines is 1. The summed E-state index contributed by atoms with van der Waals surface area (Å²) in [6.07, 6.45) is 0.308. The standard InChI is InChI=1S/C21H22F3N5O3S/c1-20(15-6-21(15,10-31-2)33-19(25)29-20)12-5-11(3-4-13(12)22)28-18(30)14-7-27-17(8-26-14)32-9-16(23)24/h3-5,7-8,15-16H,6,9-10H2,1-2H3,(H2,25,29)(H,28,30)/t15?,20-,21-/m1/s1. The number of hydrogen-bond acceptors (Lipinski definition) is 8. The van der Waals surface area contributed by atoms with E-state index in [2.05, 4.69) is 20.3 Å². The number of nitrogens with one attached hydrogen (secondary N) is 1. The Morgan fingerprint density at radius 1 is 1.36 bits per heavy atom. The second-order valence-electron chi connectivity index (χ2n) is 8.04. The van der Waals surface area contributed by atoms with Crippen molar-refractivity contribution in [2.75, 3.05) is 25.6 Å². The minimum atomic E-state index is -2.65. The summed E-state index contributed by atoms with van der Waals surface area (Å²) >= 11 is 1.45. The largest absolute Gasteiger partial charge is 0.470 e. The summed E-state index contributed by atoms with van der Waals surface area (Å²) in [6, 6.07) is 4.22. The Hall–Kier alpha value is -2.86. The number of fused-ring (bicyclic) bond motifs is 1. The Labute approximate surface area is 192 Å². The first kappa shape index (κ1) is 23.3. The van der Waals surface area contributed by atoms with Crippen LogP contribution in [0.5, 0.6) is 5.88 Å². The zero-order chi connectivity index (χ0) is 23.8. The van der Waals surface area contributed by atoms with Gasteiger partial charge in [-0.1, -0.05) is 11.8 Å². The molecule has 3 N–H and O–H groups in total. The monoisotopic (exact) mass is 481 g/mol. The first-order valence-electron chi connectivity index (χ1n) is 10.0.